The van der Waals surface area contributed by atoms with Crippen LogP contribution in [0.3, 0.4) is 0 Å². The van der Waals surface area contributed by atoms with Crippen LogP contribution in [0.25, 0.3) is 6.08 Å². The van der Waals surface area contributed by atoms with Gasteiger partial charge in [0.25, 0.3) is 5.91 Å². The summed E-state index contributed by atoms with van der Waals surface area (Å²) < 4.78 is 5.38. The number of carboxylic acid groups (broad SMARTS) is 1. The molecule has 1 aliphatic rings. The minimum absolute atomic E-state index is 0.254. The second-order valence-electron chi connectivity index (χ2n) is 4.34. The Labute approximate surface area is 131 Å². The zero-order valence-electron chi connectivity index (χ0n) is 11.4. The molecule has 0 radical (unpaired) electrons. The Morgan fingerprint density at radius 1 is 1.52 bits per heavy atom. The van der Waals surface area contributed by atoms with E-state index in [-0.39, 0.29) is 10.2 Å². The van der Waals surface area contributed by atoms with Crippen molar-refractivity contribution in [3.8, 4) is 5.75 Å². The van der Waals surface area contributed by atoms with Gasteiger partial charge < -0.3 is 9.84 Å². The predicted molar refractivity (Wildman–Crippen MR) is 85.1 cm³/mol. The maximum atomic E-state index is 12.3. The summed E-state index contributed by atoms with van der Waals surface area (Å²) in [4.78, 5) is 24.8. The standard InChI is InChI=1S/C14H13NO4S2/c1-8(13(17)18)15-12(16)11(21-14(15)20)7-9-4-3-5-10(6-9)19-2/h3-8H,1-2H3,(H,17,18)/b11-7+/t8-/m0/s1. The van der Waals surface area contributed by atoms with Crippen LogP contribution < -0.4 is 4.74 Å². The third-order valence-electron chi connectivity index (χ3n) is 2.96. The van der Waals surface area contributed by atoms with E-state index in [2.05, 4.69) is 0 Å². The van der Waals surface area contributed by atoms with Gasteiger partial charge in [0.05, 0.1) is 12.0 Å². The highest BCUT2D eigenvalue weighted by Gasteiger charge is 2.38. The van der Waals surface area contributed by atoms with Gasteiger partial charge >= 0.3 is 5.97 Å². The van der Waals surface area contributed by atoms with E-state index < -0.39 is 12.0 Å². The van der Waals surface area contributed by atoms with Crippen LogP contribution in [-0.2, 0) is 9.59 Å². The molecule has 1 aromatic rings. The van der Waals surface area contributed by atoms with Crippen molar-refractivity contribution >= 4 is 46.3 Å². The lowest BCUT2D eigenvalue weighted by Gasteiger charge is -2.18. The molecule has 1 atom stereocenters. The third-order valence-corrected chi connectivity index (χ3v) is 4.29. The van der Waals surface area contributed by atoms with Crippen molar-refractivity contribution in [1.82, 2.24) is 4.90 Å². The molecule has 0 aromatic heterocycles. The number of nitrogens with zero attached hydrogens (tertiary/aromatic N) is 1. The molecule has 2 rings (SSSR count). The van der Waals surface area contributed by atoms with Crippen molar-refractivity contribution in [2.45, 2.75) is 13.0 Å². The van der Waals surface area contributed by atoms with E-state index in [1.54, 1.807) is 25.3 Å². The first-order chi connectivity index (χ1) is 9.93. The van der Waals surface area contributed by atoms with E-state index in [1.165, 1.54) is 6.92 Å². The first kappa shape index (κ1) is 15.5. The van der Waals surface area contributed by atoms with Gasteiger partial charge in [0.1, 0.15) is 16.1 Å². The lowest BCUT2D eigenvalue weighted by Crippen LogP contribution is -2.41. The highest BCUT2D eigenvalue weighted by atomic mass is 32.2. The molecule has 1 saturated heterocycles. The Hall–Kier alpha value is -1.86. The number of thiocarbonyl (C=S) groups is 1. The van der Waals surface area contributed by atoms with E-state index in [9.17, 15) is 9.59 Å². The van der Waals surface area contributed by atoms with Gasteiger partial charge in [0.2, 0.25) is 0 Å². The highest BCUT2D eigenvalue weighted by Crippen LogP contribution is 2.34. The Kier molecular flexibility index (Phi) is 4.64. The SMILES string of the molecule is COc1cccc(/C=C2/SC(=S)N([C@@H](C)C(=O)O)C2=O)c1. The summed E-state index contributed by atoms with van der Waals surface area (Å²) in [6.07, 6.45) is 1.68. The minimum atomic E-state index is -1.09. The van der Waals surface area contributed by atoms with E-state index in [0.717, 1.165) is 22.2 Å². The number of benzene rings is 1. The maximum Gasteiger partial charge on any atom is 0.326 e. The first-order valence-corrected chi connectivity index (χ1v) is 7.30. The smallest absolute Gasteiger partial charge is 0.326 e. The zero-order chi connectivity index (χ0) is 15.6. The summed E-state index contributed by atoms with van der Waals surface area (Å²) in [6, 6.07) is 6.25. The topological polar surface area (TPSA) is 66.8 Å². The van der Waals surface area contributed by atoms with Gasteiger partial charge in [-0.2, -0.15) is 0 Å². The van der Waals surface area contributed by atoms with Crippen molar-refractivity contribution < 1.29 is 19.4 Å². The average Bonchev–Trinajstić information content (AvgIpc) is 2.73. The van der Waals surface area contributed by atoms with Gasteiger partial charge in [-0.05, 0) is 30.7 Å². The molecular formula is C14H13NO4S2. The van der Waals surface area contributed by atoms with Gasteiger partial charge in [-0.15, -0.1) is 0 Å². The van der Waals surface area contributed by atoms with Crippen LogP contribution >= 0.6 is 24.0 Å². The molecule has 0 bridgehead atoms. The van der Waals surface area contributed by atoms with Gasteiger partial charge in [0, 0.05) is 0 Å². The van der Waals surface area contributed by atoms with Crippen LogP contribution in [0.2, 0.25) is 0 Å². The predicted octanol–water partition coefficient (Wildman–Crippen LogP) is 2.37. The normalized spacial score (nSPS) is 18.2. The van der Waals surface area contributed by atoms with Crippen molar-refractivity contribution in [3.63, 3.8) is 0 Å². The fourth-order valence-corrected chi connectivity index (χ4v) is 3.23. The summed E-state index contributed by atoms with van der Waals surface area (Å²) in [7, 11) is 1.56. The third kappa shape index (κ3) is 3.25. The number of ether oxygens (including phenoxy) is 1. The minimum Gasteiger partial charge on any atom is -0.497 e. The number of thioether (sulfide) groups is 1. The van der Waals surface area contributed by atoms with Crippen LogP contribution in [0.15, 0.2) is 29.2 Å². The summed E-state index contributed by atoms with van der Waals surface area (Å²) in [6.45, 7) is 1.43. The van der Waals surface area contributed by atoms with E-state index in [1.807, 2.05) is 12.1 Å². The Balaban J connectivity index is 2.29. The molecular weight excluding hydrogens is 310 g/mol. The molecule has 5 nitrogen and oxygen atoms in total. The molecule has 1 N–H and O–H groups in total. The molecule has 1 heterocycles. The number of hydrogen-bond donors (Lipinski definition) is 1. The molecule has 110 valence electrons. The van der Waals surface area contributed by atoms with Crippen LogP contribution in [-0.4, -0.2) is 39.4 Å². The van der Waals surface area contributed by atoms with Crippen molar-refractivity contribution in [1.29, 1.82) is 0 Å². The molecule has 21 heavy (non-hydrogen) atoms. The molecule has 1 aromatic carbocycles. The monoisotopic (exact) mass is 323 g/mol. The molecule has 0 unspecified atom stereocenters. The number of carbonyl (C=O) groups is 2. The van der Waals surface area contributed by atoms with Crippen molar-refractivity contribution in [2.75, 3.05) is 7.11 Å². The summed E-state index contributed by atoms with van der Waals surface area (Å²) in [5, 5.41) is 9.02. The molecule has 1 fully saturated rings. The molecule has 7 heteroatoms. The van der Waals surface area contributed by atoms with E-state index in [0.29, 0.717) is 10.7 Å². The van der Waals surface area contributed by atoms with Gasteiger partial charge in [-0.3, -0.25) is 9.69 Å². The number of carboxylic acids is 1. The van der Waals surface area contributed by atoms with E-state index in [4.69, 9.17) is 22.1 Å². The lowest BCUT2D eigenvalue weighted by molar-refractivity contribution is -0.144. The molecule has 0 saturated carbocycles. The second kappa shape index (κ2) is 6.28. The molecule has 1 amide bonds. The maximum absolute atomic E-state index is 12.3. The van der Waals surface area contributed by atoms with E-state index >= 15 is 0 Å². The summed E-state index contributed by atoms with van der Waals surface area (Å²) in [5.74, 6) is -0.796. The second-order valence-corrected chi connectivity index (χ2v) is 6.02. The molecule has 0 aliphatic carbocycles. The fourth-order valence-electron chi connectivity index (χ4n) is 1.81. The number of hydrogen-bond acceptors (Lipinski definition) is 5. The van der Waals surface area contributed by atoms with Crippen LogP contribution in [0.5, 0.6) is 5.75 Å². The molecule has 1 aliphatic heterocycles. The lowest BCUT2D eigenvalue weighted by atomic mass is 10.2. The number of rotatable bonds is 4. The van der Waals surface area contributed by atoms with Crippen LogP contribution in [0.4, 0.5) is 0 Å². The van der Waals surface area contributed by atoms with Crippen molar-refractivity contribution in [3.05, 3.63) is 34.7 Å². The Morgan fingerprint density at radius 3 is 2.86 bits per heavy atom. The van der Waals surface area contributed by atoms with Crippen LogP contribution in [0.1, 0.15) is 12.5 Å². The average molecular weight is 323 g/mol. The quantitative estimate of drug-likeness (QED) is 0.678. The highest BCUT2D eigenvalue weighted by molar-refractivity contribution is 8.26. The van der Waals surface area contributed by atoms with Gasteiger partial charge in [-0.1, -0.05) is 36.1 Å². The fraction of sp³-hybridized carbons (Fsp3) is 0.214. The number of carbonyl (C=O) groups excluding carboxylic acids is 1. The Morgan fingerprint density at radius 2 is 2.24 bits per heavy atom. The summed E-state index contributed by atoms with van der Waals surface area (Å²) in [5.41, 5.74) is 0.790. The number of aliphatic carboxylic acids is 1. The largest absolute Gasteiger partial charge is 0.497 e. The Bertz CT molecular complexity index is 642. The zero-order valence-corrected chi connectivity index (χ0v) is 13.0. The number of amides is 1. The van der Waals surface area contributed by atoms with Crippen LogP contribution in [0, 0.1) is 0 Å². The van der Waals surface area contributed by atoms with Crippen molar-refractivity contribution in [2.24, 2.45) is 0 Å². The number of methoxy groups -OCH3 is 1. The van der Waals surface area contributed by atoms with Gasteiger partial charge in [-0.25, -0.2) is 4.79 Å². The van der Waals surface area contributed by atoms with Gasteiger partial charge in [0.15, 0.2) is 0 Å². The molecule has 0 spiro atoms. The summed E-state index contributed by atoms with van der Waals surface area (Å²) >= 11 is 6.19. The first-order valence-electron chi connectivity index (χ1n) is 6.08.